The zero-order valence-corrected chi connectivity index (χ0v) is 11.9. The van der Waals surface area contributed by atoms with Crippen molar-refractivity contribution in [2.75, 3.05) is 13.6 Å². The van der Waals surface area contributed by atoms with Gasteiger partial charge in [-0.3, -0.25) is 9.58 Å². The molecule has 102 valence electrons. The molecule has 4 heteroatoms. The molecule has 0 amide bonds. The number of likely N-dealkylation sites (N-methyl/N-ethyl adjacent to an activating group) is 1. The van der Waals surface area contributed by atoms with Gasteiger partial charge in [0.25, 0.3) is 0 Å². The standard InChI is InChI=1S/C15H22N4/c1-12-4-6-13(7-5-12)10-18(2)15(8-16)14-9-17-19(3)11-14/h4-7,9,11,15H,8,10,16H2,1-3H3. The van der Waals surface area contributed by atoms with Crippen molar-refractivity contribution in [3.05, 3.63) is 53.3 Å². The van der Waals surface area contributed by atoms with Crippen LogP contribution in [0.2, 0.25) is 0 Å². The van der Waals surface area contributed by atoms with E-state index in [9.17, 15) is 0 Å². The first-order valence-electron chi connectivity index (χ1n) is 6.54. The van der Waals surface area contributed by atoms with E-state index in [4.69, 9.17) is 5.73 Å². The predicted octanol–water partition coefficient (Wildman–Crippen LogP) is 1.86. The molecule has 19 heavy (non-hydrogen) atoms. The molecule has 0 saturated carbocycles. The Bertz CT molecular complexity index is 515. The van der Waals surface area contributed by atoms with Crippen molar-refractivity contribution in [3.8, 4) is 0 Å². The van der Waals surface area contributed by atoms with Crippen LogP contribution in [0.4, 0.5) is 0 Å². The molecule has 2 rings (SSSR count). The summed E-state index contributed by atoms with van der Waals surface area (Å²) < 4.78 is 1.82. The molecule has 0 fully saturated rings. The Balaban J connectivity index is 2.08. The Hall–Kier alpha value is -1.65. The Morgan fingerprint density at radius 3 is 2.53 bits per heavy atom. The molecule has 1 atom stereocenters. The smallest absolute Gasteiger partial charge is 0.0538 e. The number of hydrogen-bond donors (Lipinski definition) is 1. The van der Waals surface area contributed by atoms with Crippen LogP contribution < -0.4 is 5.73 Å². The highest BCUT2D eigenvalue weighted by molar-refractivity contribution is 5.21. The van der Waals surface area contributed by atoms with Gasteiger partial charge in [-0.25, -0.2) is 0 Å². The number of nitrogens with two attached hydrogens (primary N) is 1. The first-order chi connectivity index (χ1) is 9.10. The van der Waals surface area contributed by atoms with Crippen LogP contribution in [-0.2, 0) is 13.6 Å². The second kappa shape index (κ2) is 5.99. The van der Waals surface area contributed by atoms with Crippen LogP contribution in [0.15, 0.2) is 36.7 Å². The first-order valence-corrected chi connectivity index (χ1v) is 6.54. The van der Waals surface area contributed by atoms with Crippen LogP contribution >= 0.6 is 0 Å². The summed E-state index contributed by atoms with van der Waals surface area (Å²) in [5, 5.41) is 4.22. The van der Waals surface area contributed by atoms with Gasteiger partial charge in [-0.15, -0.1) is 0 Å². The number of benzene rings is 1. The van der Waals surface area contributed by atoms with Crippen molar-refractivity contribution in [1.29, 1.82) is 0 Å². The van der Waals surface area contributed by atoms with Gasteiger partial charge in [0.2, 0.25) is 0 Å². The molecule has 0 bridgehead atoms. The Labute approximate surface area is 114 Å². The minimum Gasteiger partial charge on any atom is -0.329 e. The van der Waals surface area contributed by atoms with E-state index >= 15 is 0 Å². The molecule has 2 N–H and O–H groups in total. The maximum Gasteiger partial charge on any atom is 0.0538 e. The number of rotatable bonds is 5. The lowest BCUT2D eigenvalue weighted by Crippen LogP contribution is -2.29. The molecule has 0 spiro atoms. The molecule has 1 aromatic heterocycles. The molecule has 0 radical (unpaired) electrons. The van der Waals surface area contributed by atoms with Crippen molar-refractivity contribution < 1.29 is 0 Å². The van der Waals surface area contributed by atoms with E-state index in [1.165, 1.54) is 16.7 Å². The van der Waals surface area contributed by atoms with Crippen LogP contribution in [0, 0.1) is 6.92 Å². The van der Waals surface area contributed by atoms with E-state index in [1.807, 2.05) is 24.1 Å². The third kappa shape index (κ3) is 3.43. The number of aryl methyl sites for hydroxylation is 2. The van der Waals surface area contributed by atoms with E-state index in [0.29, 0.717) is 6.54 Å². The lowest BCUT2D eigenvalue weighted by molar-refractivity contribution is 0.241. The van der Waals surface area contributed by atoms with Crippen LogP contribution in [-0.4, -0.2) is 28.3 Å². The average molecular weight is 258 g/mol. The van der Waals surface area contributed by atoms with Gasteiger partial charge in [0.1, 0.15) is 0 Å². The van der Waals surface area contributed by atoms with Crippen molar-refractivity contribution in [2.24, 2.45) is 12.8 Å². The summed E-state index contributed by atoms with van der Waals surface area (Å²) in [4.78, 5) is 2.27. The van der Waals surface area contributed by atoms with Gasteiger partial charge in [-0.1, -0.05) is 29.8 Å². The maximum atomic E-state index is 5.91. The van der Waals surface area contributed by atoms with E-state index in [-0.39, 0.29) is 6.04 Å². The molecule has 1 aromatic carbocycles. The third-order valence-corrected chi connectivity index (χ3v) is 3.42. The van der Waals surface area contributed by atoms with Crippen LogP contribution in [0.25, 0.3) is 0 Å². The topological polar surface area (TPSA) is 47.1 Å². The molecule has 1 unspecified atom stereocenters. The fourth-order valence-corrected chi connectivity index (χ4v) is 2.27. The largest absolute Gasteiger partial charge is 0.329 e. The lowest BCUT2D eigenvalue weighted by Gasteiger charge is -2.26. The third-order valence-electron chi connectivity index (χ3n) is 3.42. The molecule has 4 nitrogen and oxygen atoms in total. The summed E-state index contributed by atoms with van der Waals surface area (Å²) in [6, 6.07) is 8.83. The van der Waals surface area contributed by atoms with Gasteiger partial charge in [-0.2, -0.15) is 5.10 Å². The predicted molar refractivity (Wildman–Crippen MR) is 77.6 cm³/mol. The Morgan fingerprint density at radius 2 is 2.00 bits per heavy atom. The van der Waals surface area contributed by atoms with E-state index in [2.05, 4.69) is 48.2 Å². The fraction of sp³-hybridized carbons (Fsp3) is 0.400. The van der Waals surface area contributed by atoms with Crippen molar-refractivity contribution in [3.63, 3.8) is 0 Å². The maximum absolute atomic E-state index is 5.91. The summed E-state index contributed by atoms with van der Waals surface area (Å²) in [7, 11) is 4.03. The van der Waals surface area contributed by atoms with E-state index < -0.39 is 0 Å². The lowest BCUT2D eigenvalue weighted by atomic mass is 10.1. The molecule has 0 aliphatic rings. The summed E-state index contributed by atoms with van der Waals surface area (Å²) >= 11 is 0. The highest BCUT2D eigenvalue weighted by atomic mass is 15.2. The summed E-state index contributed by atoms with van der Waals surface area (Å²) in [6.07, 6.45) is 3.92. The average Bonchev–Trinajstić information content (AvgIpc) is 2.80. The van der Waals surface area contributed by atoms with Crippen molar-refractivity contribution in [1.82, 2.24) is 14.7 Å². The van der Waals surface area contributed by atoms with E-state index in [1.54, 1.807) is 0 Å². The molecular formula is C15H22N4. The monoisotopic (exact) mass is 258 g/mol. The normalized spacial score (nSPS) is 12.9. The zero-order valence-electron chi connectivity index (χ0n) is 11.9. The Morgan fingerprint density at radius 1 is 1.32 bits per heavy atom. The van der Waals surface area contributed by atoms with Crippen molar-refractivity contribution in [2.45, 2.75) is 19.5 Å². The molecule has 0 saturated heterocycles. The number of aromatic nitrogens is 2. The van der Waals surface area contributed by atoms with Gasteiger partial charge < -0.3 is 5.73 Å². The second-order valence-corrected chi connectivity index (χ2v) is 5.10. The molecule has 0 aliphatic carbocycles. The van der Waals surface area contributed by atoms with Gasteiger partial charge in [0.15, 0.2) is 0 Å². The molecule has 1 heterocycles. The van der Waals surface area contributed by atoms with Crippen molar-refractivity contribution >= 4 is 0 Å². The summed E-state index contributed by atoms with van der Waals surface area (Å²) in [5.41, 5.74) is 9.67. The molecule has 2 aromatic rings. The van der Waals surface area contributed by atoms with Gasteiger partial charge in [-0.05, 0) is 19.5 Å². The minimum absolute atomic E-state index is 0.204. The van der Waals surface area contributed by atoms with Gasteiger partial charge >= 0.3 is 0 Å². The highest BCUT2D eigenvalue weighted by Crippen LogP contribution is 2.19. The summed E-state index contributed by atoms with van der Waals surface area (Å²) in [5.74, 6) is 0. The number of hydrogen-bond acceptors (Lipinski definition) is 3. The quantitative estimate of drug-likeness (QED) is 0.890. The van der Waals surface area contributed by atoms with Gasteiger partial charge in [0.05, 0.1) is 12.2 Å². The molecular weight excluding hydrogens is 236 g/mol. The minimum atomic E-state index is 0.204. The van der Waals surface area contributed by atoms with Crippen LogP contribution in [0.3, 0.4) is 0 Å². The van der Waals surface area contributed by atoms with Gasteiger partial charge in [0, 0.05) is 31.9 Å². The van der Waals surface area contributed by atoms with Crippen LogP contribution in [0.5, 0.6) is 0 Å². The summed E-state index contributed by atoms with van der Waals surface area (Å²) in [6.45, 7) is 3.58. The van der Waals surface area contributed by atoms with Crippen LogP contribution in [0.1, 0.15) is 22.7 Å². The highest BCUT2D eigenvalue weighted by Gasteiger charge is 2.17. The Kier molecular flexibility index (Phi) is 4.35. The SMILES string of the molecule is Cc1ccc(CN(C)C(CN)c2cnn(C)c2)cc1. The first kappa shape index (κ1) is 13.8. The zero-order chi connectivity index (χ0) is 13.8. The fourth-order valence-electron chi connectivity index (χ4n) is 2.27. The molecule has 0 aliphatic heterocycles. The van der Waals surface area contributed by atoms with E-state index in [0.717, 1.165) is 6.54 Å². The number of nitrogens with zero attached hydrogens (tertiary/aromatic N) is 3. The second-order valence-electron chi connectivity index (χ2n) is 5.10.